The van der Waals surface area contributed by atoms with Gasteiger partial charge in [0.15, 0.2) is 0 Å². The molecule has 3 aliphatic rings. The average molecular weight is 401 g/mol. The summed E-state index contributed by atoms with van der Waals surface area (Å²) in [6, 6.07) is 8.90. The molecular weight excluding hydrogens is 368 g/mol. The van der Waals surface area contributed by atoms with Gasteiger partial charge in [-0.2, -0.15) is 0 Å². The van der Waals surface area contributed by atoms with Crippen LogP contribution in [0.4, 0.5) is 5.95 Å². The summed E-state index contributed by atoms with van der Waals surface area (Å²) >= 11 is 0. The second-order valence-electron chi connectivity index (χ2n) is 9.39. The third-order valence-electron chi connectivity index (χ3n) is 7.65. The van der Waals surface area contributed by atoms with Crippen molar-refractivity contribution in [1.29, 1.82) is 0 Å². The minimum atomic E-state index is 0.233. The van der Waals surface area contributed by atoms with Crippen LogP contribution in [0.5, 0.6) is 0 Å². The molecule has 156 valence electrons. The maximum atomic E-state index is 5.01. The summed E-state index contributed by atoms with van der Waals surface area (Å²) < 4.78 is 0. The fourth-order valence-electron chi connectivity index (χ4n) is 5.61. The van der Waals surface area contributed by atoms with Gasteiger partial charge in [0.1, 0.15) is 0 Å². The van der Waals surface area contributed by atoms with Gasteiger partial charge in [0.25, 0.3) is 0 Å². The summed E-state index contributed by atoms with van der Waals surface area (Å²) in [7, 11) is 0. The third-order valence-corrected chi connectivity index (χ3v) is 7.65. The predicted octanol–water partition coefficient (Wildman–Crippen LogP) is 4.89. The first-order valence-corrected chi connectivity index (χ1v) is 11.3. The molecule has 2 aromatic rings. The van der Waals surface area contributed by atoms with E-state index < -0.39 is 0 Å². The van der Waals surface area contributed by atoms with Gasteiger partial charge in [-0.15, -0.1) is 0 Å². The largest absolute Gasteiger partial charge is 0.354 e. The van der Waals surface area contributed by atoms with Crippen molar-refractivity contribution in [1.82, 2.24) is 15.3 Å². The van der Waals surface area contributed by atoms with Gasteiger partial charge < -0.3 is 10.6 Å². The number of allylic oxidation sites excluding steroid dienone is 3. The molecule has 1 aliphatic heterocycles. The Hall–Kier alpha value is -2.46. The standard InChI is InChI=1S/C26H32N4/c1-17-8-9-18(2)22(19(17)3)16-29-25-28-15-20-14-26(10-12-27-13-11-26)23-7-5-4-6-21(23)24(20)30-25/h4-9,15,18,22,27H,10-14,16H2,1-3H3,(H,28,29,30). The molecule has 0 radical (unpaired) electrons. The molecule has 0 amide bonds. The monoisotopic (exact) mass is 400 g/mol. The Labute approximate surface area is 179 Å². The van der Waals surface area contributed by atoms with Gasteiger partial charge in [0.2, 0.25) is 5.95 Å². The van der Waals surface area contributed by atoms with Gasteiger partial charge in [-0.25, -0.2) is 9.97 Å². The number of aromatic nitrogens is 2. The predicted molar refractivity (Wildman–Crippen MR) is 124 cm³/mol. The van der Waals surface area contributed by atoms with Crippen LogP contribution in [0.2, 0.25) is 0 Å². The lowest BCUT2D eigenvalue weighted by molar-refractivity contribution is 0.302. The summed E-state index contributed by atoms with van der Waals surface area (Å²) in [5.41, 5.74) is 8.27. The minimum absolute atomic E-state index is 0.233. The summed E-state index contributed by atoms with van der Waals surface area (Å²) in [6.07, 6.45) is 10.1. The highest BCUT2D eigenvalue weighted by Crippen LogP contribution is 2.47. The number of rotatable bonds is 3. The number of fused-ring (bicyclic) bond motifs is 4. The number of hydrogen-bond acceptors (Lipinski definition) is 4. The summed E-state index contributed by atoms with van der Waals surface area (Å²) in [4.78, 5) is 9.74. The number of benzene rings is 1. The van der Waals surface area contributed by atoms with Crippen LogP contribution in [-0.4, -0.2) is 29.6 Å². The highest BCUT2D eigenvalue weighted by Gasteiger charge is 2.40. The number of anilines is 1. The molecule has 1 saturated heterocycles. The topological polar surface area (TPSA) is 49.8 Å². The van der Waals surface area contributed by atoms with E-state index >= 15 is 0 Å². The number of nitrogens with one attached hydrogen (secondary N) is 2. The Morgan fingerprint density at radius 1 is 1.17 bits per heavy atom. The fourth-order valence-corrected chi connectivity index (χ4v) is 5.61. The average Bonchev–Trinajstić information content (AvgIpc) is 2.78. The fraction of sp³-hybridized carbons (Fsp3) is 0.462. The molecule has 1 aromatic heterocycles. The molecule has 0 saturated carbocycles. The number of nitrogens with zero attached hydrogens (tertiary/aromatic N) is 2. The van der Waals surface area contributed by atoms with Crippen LogP contribution >= 0.6 is 0 Å². The van der Waals surface area contributed by atoms with Crippen LogP contribution in [0, 0.1) is 11.8 Å². The number of hydrogen-bond donors (Lipinski definition) is 2. The Kier molecular flexibility index (Phi) is 4.98. The van der Waals surface area contributed by atoms with Crippen molar-refractivity contribution in [2.75, 3.05) is 25.0 Å². The quantitative estimate of drug-likeness (QED) is 0.770. The Bertz CT molecular complexity index is 1010. The van der Waals surface area contributed by atoms with Gasteiger partial charge in [-0.1, -0.05) is 54.5 Å². The molecule has 30 heavy (non-hydrogen) atoms. The van der Waals surface area contributed by atoms with Crippen molar-refractivity contribution in [3.05, 3.63) is 64.9 Å². The molecule has 4 nitrogen and oxygen atoms in total. The Morgan fingerprint density at radius 2 is 1.97 bits per heavy atom. The van der Waals surface area contributed by atoms with Crippen molar-refractivity contribution in [2.45, 2.75) is 45.4 Å². The molecule has 2 unspecified atom stereocenters. The van der Waals surface area contributed by atoms with Gasteiger partial charge in [0, 0.05) is 29.6 Å². The Morgan fingerprint density at radius 3 is 2.80 bits per heavy atom. The second-order valence-corrected chi connectivity index (χ2v) is 9.39. The molecule has 2 aliphatic carbocycles. The summed E-state index contributed by atoms with van der Waals surface area (Å²) in [6.45, 7) is 9.79. The van der Waals surface area contributed by atoms with Crippen LogP contribution < -0.4 is 10.6 Å². The van der Waals surface area contributed by atoms with Gasteiger partial charge >= 0.3 is 0 Å². The minimum Gasteiger partial charge on any atom is -0.354 e. The summed E-state index contributed by atoms with van der Waals surface area (Å²) in [5.74, 6) is 1.76. The third kappa shape index (κ3) is 3.27. The van der Waals surface area contributed by atoms with Crippen LogP contribution in [0.1, 0.15) is 44.7 Å². The first-order chi connectivity index (χ1) is 14.6. The first-order valence-electron chi connectivity index (χ1n) is 11.3. The highest BCUT2D eigenvalue weighted by molar-refractivity contribution is 5.72. The van der Waals surface area contributed by atoms with E-state index in [1.165, 1.54) is 40.7 Å². The normalized spacial score (nSPS) is 24.5. The molecule has 1 spiro atoms. The van der Waals surface area contributed by atoms with Gasteiger partial charge in [0.05, 0.1) is 5.69 Å². The SMILES string of the molecule is CC1=C(C)C(CNc2ncc3c(n2)-c2ccccc2C2(CCNCC2)C3)C(C)C=C1. The van der Waals surface area contributed by atoms with E-state index in [-0.39, 0.29) is 5.41 Å². The van der Waals surface area contributed by atoms with Crippen molar-refractivity contribution < 1.29 is 0 Å². The summed E-state index contributed by atoms with van der Waals surface area (Å²) in [5, 5.41) is 7.08. The highest BCUT2D eigenvalue weighted by atomic mass is 15.1. The van der Waals surface area contributed by atoms with Crippen LogP contribution in [0.15, 0.2) is 53.8 Å². The molecule has 2 N–H and O–H groups in total. The molecule has 4 heteroatoms. The lowest BCUT2D eigenvalue weighted by Crippen LogP contribution is -2.43. The zero-order valence-corrected chi connectivity index (χ0v) is 18.3. The van der Waals surface area contributed by atoms with Crippen molar-refractivity contribution in [3.8, 4) is 11.3 Å². The second kappa shape index (κ2) is 7.66. The van der Waals surface area contributed by atoms with E-state index in [2.05, 4.69) is 74.0 Å². The van der Waals surface area contributed by atoms with Gasteiger partial charge in [-0.3, -0.25) is 0 Å². The molecular formula is C26H32N4. The van der Waals surface area contributed by atoms with E-state index in [1.54, 1.807) is 0 Å². The zero-order chi connectivity index (χ0) is 20.7. The number of piperidine rings is 1. The van der Waals surface area contributed by atoms with E-state index in [0.717, 1.165) is 37.7 Å². The van der Waals surface area contributed by atoms with Crippen molar-refractivity contribution >= 4 is 5.95 Å². The van der Waals surface area contributed by atoms with Crippen molar-refractivity contribution in [2.24, 2.45) is 11.8 Å². The lowest BCUT2D eigenvalue weighted by atomic mass is 9.64. The molecule has 0 bridgehead atoms. The zero-order valence-electron chi connectivity index (χ0n) is 18.3. The van der Waals surface area contributed by atoms with E-state index in [1.807, 2.05) is 0 Å². The molecule has 1 aromatic carbocycles. The van der Waals surface area contributed by atoms with Crippen LogP contribution in [-0.2, 0) is 11.8 Å². The first kappa shape index (κ1) is 19.5. The Balaban J connectivity index is 1.43. The maximum absolute atomic E-state index is 5.01. The van der Waals surface area contributed by atoms with Crippen molar-refractivity contribution in [3.63, 3.8) is 0 Å². The smallest absolute Gasteiger partial charge is 0.223 e. The molecule has 2 atom stereocenters. The van der Waals surface area contributed by atoms with E-state index in [4.69, 9.17) is 9.97 Å². The molecule has 1 fully saturated rings. The van der Waals surface area contributed by atoms with E-state index in [0.29, 0.717) is 11.8 Å². The molecule has 2 heterocycles. The maximum Gasteiger partial charge on any atom is 0.223 e. The van der Waals surface area contributed by atoms with Crippen LogP contribution in [0.3, 0.4) is 0 Å². The van der Waals surface area contributed by atoms with E-state index in [9.17, 15) is 0 Å². The van der Waals surface area contributed by atoms with Crippen LogP contribution in [0.25, 0.3) is 11.3 Å². The van der Waals surface area contributed by atoms with Gasteiger partial charge in [-0.05, 0) is 63.2 Å². The lowest BCUT2D eigenvalue weighted by Gasteiger charge is -2.42. The molecule has 5 rings (SSSR count).